The average molecular weight is 435 g/mol. The zero-order chi connectivity index (χ0) is 22.6. The van der Waals surface area contributed by atoms with E-state index in [-0.39, 0.29) is 12.2 Å². The van der Waals surface area contributed by atoms with Crippen LogP contribution in [-0.2, 0) is 11.4 Å². The van der Waals surface area contributed by atoms with Crippen LogP contribution in [0.25, 0.3) is 21.8 Å². The molecule has 2 aromatic heterocycles. The first kappa shape index (κ1) is 20.4. The number of nitrogens with one attached hydrogen (secondary N) is 1. The van der Waals surface area contributed by atoms with Gasteiger partial charge in [-0.2, -0.15) is 9.78 Å². The van der Waals surface area contributed by atoms with Crippen LogP contribution in [0.4, 0.5) is 0 Å². The second-order valence-electron chi connectivity index (χ2n) is 7.53. The molecule has 0 amide bonds. The van der Waals surface area contributed by atoms with Crippen molar-refractivity contribution in [2.24, 2.45) is 10.3 Å². The van der Waals surface area contributed by atoms with Gasteiger partial charge in [0.2, 0.25) is 0 Å². The third kappa shape index (κ3) is 4.29. The maximum atomic E-state index is 13.2. The summed E-state index contributed by atoms with van der Waals surface area (Å²) in [4.78, 5) is 26.6. The zero-order valence-corrected chi connectivity index (χ0v) is 18.0. The molecule has 3 aromatic carbocycles. The third-order valence-corrected chi connectivity index (χ3v) is 5.27. The summed E-state index contributed by atoms with van der Waals surface area (Å²) in [5.41, 5.74) is 3.78. The lowest BCUT2D eigenvalue weighted by molar-refractivity contribution is 0.122. The summed E-state index contributed by atoms with van der Waals surface area (Å²) >= 11 is 0. The highest BCUT2D eigenvalue weighted by molar-refractivity contribution is 5.98. The van der Waals surface area contributed by atoms with Gasteiger partial charge in [0.1, 0.15) is 0 Å². The van der Waals surface area contributed by atoms with Gasteiger partial charge in [-0.1, -0.05) is 65.8 Å². The van der Waals surface area contributed by atoms with Crippen LogP contribution in [0.2, 0.25) is 0 Å². The number of hydrogen-bond donors (Lipinski definition) is 1. The molecule has 7 nitrogen and oxygen atoms in total. The predicted octanol–water partition coefficient (Wildman–Crippen LogP) is 4.70. The van der Waals surface area contributed by atoms with Gasteiger partial charge in [0.25, 0.3) is 5.56 Å². The van der Waals surface area contributed by atoms with E-state index in [0.717, 1.165) is 27.9 Å². The quantitative estimate of drug-likeness (QED) is 0.310. The molecule has 0 aliphatic carbocycles. The summed E-state index contributed by atoms with van der Waals surface area (Å²) in [6.07, 6.45) is 1.61. The second kappa shape index (κ2) is 8.92. The van der Waals surface area contributed by atoms with Crippen molar-refractivity contribution in [1.82, 2.24) is 14.6 Å². The molecule has 1 N–H and O–H groups in total. The van der Waals surface area contributed by atoms with E-state index in [0.29, 0.717) is 16.7 Å². The van der Waals surface area contributed by atoms with Gasteiger partial charge in [-0.05, 0) is 36.8 Å². The van der Waals surface area contributed by atoms with Gasteiger partial charge in [-0.15, -0.1) is 0 Å². The Bertz CT molecular complexity index is 1510. The smallest absolute Gasteiger partial charge is 0.282 e. The second-order valence-corrected chi connectivity index (χ2v) is 7.53. The van der Waals surface area contributed by atoms with E-state index in [1.807, 2.05) is 73.7 Å². The molecular weight excluding hydrogens is 414 g/mol. The van der Waals surface area contributed by atoms with Crippen LogP contribution >= 0.6 is 0 Å². The molecular formula is C26H21N5O2. The van der Waals surface area contributed by atoms with E-state index in [1.165, 1.54) is 4.68 Å². The Kier molecular flexibility index (Phi) is 5.51. The topological polar surface area (TPSA) is 84.6 Å². The minimum Gasteiger partial charge on any atom is -0.387 e. The molecule has 7 heteroatoms. The van der Waals surface area contributed by atoms with E-state index < -0.39 is 0 Å². The largest absolute Gasteiger partial charge is 0.387 e. The van der Waals surface area contributed by atoms with Crippen LogP contribution in [0.1, 0.15) is 24.0 Å². The Hall–Kier alpha value is -4.52. The number of oxime groups is 1. The van der Waals surface area contributed by atoms with Crippen LogP contribution in [0, 0.1) is 0 Å². The monoisotopic (exact) mass is 435 g/mol. The highest BCUT2D eigenvalue weighted by Crippen LogP contribution is 2.14. The standard InChI is InChI=1S/C26H21N5O2/c1-18(19-9-3-2-4-10-19)30-33-17-25-29-24-14-8-6-12-22(24)26(32)31(25)27-16-21-15-20-11-5-7-13-23(20)28-21/h2-16,28H,17H2,1H3/b27-16+,30-18+. The number of nitrogens with zero attached hydrogens (tertiary/aromatic N) is 4. The molecule has 0 saturated heterocycles. The van der Waals surface area contributed by atoms with Crippen molar-refractivity contribution in [2.45, 2.75) is 13.5 Å². The Labute approximate surface area is 189 Å². The van der Waals surface area contributed by atoms with Crippen molar-refractivity contribution in [3.05, 3.63) is 112 Å². The molecule has 0 bridgehead atoms. The number of para-hydroxylation sites is 2. The molecule has 5 aromatic rings. The van der Waals surface area contributed by atoms with Crippen molar-refractivity contribution < 1.29 is 4.84 Å². The van der Waals surface area contributed by atoms with Crippen LogP contribution in [0.15, 0.2) is 100.0 Å². The van der Waals surface area contributed by atoms with Gasteiger partial charge >= 0.3 is 0 Å². The molecule has 2 heterocycles. The van der Waals surface area contributed by atoms with Crippen LogP contribution in [0.3, 0.4) is 0 Å². The van der Waals surface area contributed by atoms with Gasteiger partial charge in [0, 0.05) is 10.9 Å². The Morgan fingerprint density at radius 2 is 1.79 bits per heavy atom. The summed E-state index contributed by atoms with van der Waals surface area (Å²) in [7, 11) is 0. The Balaban J connectivity index is 1.49. The number of hydrogen-bond acceptors (Lipinski definition) is 5. The SMILES string of the molecule is C/C(=N\OCc1nc2ccccc2c(=O)n1/N=C/c1cc2ccccc2[nH]1)c1ccccc1. The van der Waals surface area contributed by atoms with Crippen LogP contribution in [-0.4, -0.2) is 26.6 Å². The first-order valence-corrected chi connectivity index (χ1v) is 10.5. The molecule has 5 rings (SSSR count). The van der Waals surface area contributed by atoms with E-state index in [9.17, 15) is 4.79 Å². The highest BCUT2D eigenvalue weighted by Gasteiger charge is 2.11. The summed E-state index contributed by atoms with van der Waals surface area (Å²) in [5.74, 6) is 0.357. The Morgan fingerprint density at radius 3 is 2.64 bits per heavy atom. The molecule has 0 aliphatic heterocycles. The highest BCUT2D eigenvalue weighted by atomic mass is 16.6. The van der Waals surface area contributed by atoms with Gasteiger partial charge < -0.3 is 9.82 Å². The average Bonchev–Trinajstić information content (AvgIpc) is 3.27. The first-order chi connectivity index (χ1) is 16.2. The van der Waals surface area contributed by atoms with Gasteiger partial charge in [0.15, 0.2) is 12.4 Å². The summed E-state index contributed by atoms with van der Waals surface area (Å²) in [5, 5.41) is 10.2. The molecule has 0 aliphatic rings. The molecule has 33 heavy (non-hydrogen) atoms. The van der Waals surface area contributed by atoms with Gasteiger partial charge in [0.05, 0.1) is 28.5 Å². The summed E-state index contributed by atoms with van der Waals surface area (Å²) in [6.45, 7) is 1.86. The van der Waals surface area contributed by atoms with E-state index in [2.05, 4.69) is 20.2 Å². The van der Waals surface area contributed by atoms with Gasteiger partial charge in [-0.3, -0.25) is 4.79 Å². The maximum absolute atomic E-state index is 13.2. The fourth-order valence-corrected chi connectivity index (χ4v) is 3.59. The van der Waals surface area contributed by atoms with E-state index in [4.69, 9.17) is 4.84 Å². The number of benzene rings is 3. The molecule has 0 unspecified atom stereocenters. The first-order valence-electron chi connectivity index (χ1n) is 10.5. The number of H-pyrrole nitrogens is 1. The maximum Gasteiger partial charge on any atom is 0.282 e. The minimum atomic E-state index is -0.268. The molecule has 0 atom stereocenters. The van der Waals surface area contributed by atoms with Crippen molar-refractivity contribution in [3.8, 4) is 0 Å². The van der Waals surface area contributed by atoms with E-state index >= 15 is 0 Å². The number of fused-ring (bicyclic) bond motifs is 2. The molecule has 0 spiro atoms. The zero-order valence-electron chi connectivity index (χ0n) is 18.0. The van der Waals surface area contributed by atoms with Crippen LogP contribution in [0.5, 0.6) is 0 Å². The fraction of sp³-hybridized carbons (Fsp3) is 0.0769. The molecule has 0 radical (unpaired) electrons. The predicted molar refractivity (Wildman–Crippen MR) is 131 cm³/mol. The number of aromatic amines is 1. The lowest BCUT2D eigenvalue weighted by Crippen LogP contribution is -2.22. The third-order valence-electron chi connectivity index (χ3n) is 5.27. The fourth-order valence-electron chi connectivity index (χ4n) is 3.59. The lowest BCUT2D eigenvalue weighted by Gasteiger charge is -2.08. The van der Waals surface area contributed by atoms with Gasteiger partial charge in [-0.25, -0.2) is 4.98 Å². The van der Waals surface area contributed by atoms with Crippen molar-refractivity contribution in [3.63, 3.8) is 0 Å². The van der Waals surface area contributed by atoms with Crippen molar-refractivity contribution in [1.29, 1.82) is 0 Å². The number of aromatic nitrogens is 3. The lowest BCUT2D eigenvalue weighted by atomic mass is 10.1. The van der Waals surface area contributed by atoms with Crippen molar-refractivity contribution in [2.75, 3.05) is 0 Å². The van der Waals surface area contributed by atoms with Crippen LogP contribution < -0.4 is 5.56 Å². The Morgan fingerprint density at radius 1 is 1.03 bits per heavy atom. The number of rotatable bonds is 6. The van der Waals surface area contributed by atoms with Crippen molar-refractivity contribution >= 4 is 33.7 Å². The normalized spacial score (nSPS) is 12.1. The van der Waals surface area contributed by atoms with E-state index in [1.54, 1.807) is 24.4 Å². The minimum absolute atomic E-state index is 0.00567. The molecule has 162 valence electrons. The molecule has 0 fully saturated rings. The molecule has 0 saturated carbocycles. The summed E-state index contributed by atoms with van der Waals surface area (Å²) in [6, 6.07) is 26.8. The summed E-state index contributed by atoms with van der Waals surface area (Å²) < 4.78 is 1.27.